The third-order valence-corrected chi connectivity index (χ3v) is 3.47. The summed E-state index contributed by atoms with van der Waals surface area (Å²) in [5.74, 6) is 2.14. The third-order valence-electron chi connectivity index (χ3n) is 3.47. The molecule has 2 aromatic rings. The van der Waals surface area contributed by atoms with Gasteiger partial charge in [-0.05, 0) is 43.7 Å². The Labute approximate surface area is 135 Å². The molecule has 3 N–H and O–H groups in total. The summed E-state index contributed by atoms with van der Waals surface area (Å²) in [6.45, 7) is 3.78. The number of methoxy groups -OCH3 is 1. The standard InChI is InChI=1S/C17H22N2O4/c1-11-7-8-16(23-11)12(2)19-17(21)18-10-15(20)13-5-4-6-14(9-13)22-3/h4-9,12,15,20H,10H2,1-3H3,(H2,18,19,21). The van der Waals surface area contributed by atoms with Crippen LogP contribution in [0.5, 0.6) is 5.75 Å². The zero-order valence-corrected chi connectivity index (χ0v) is 13.5. The van der Waals surface area contributed by atoms with Crippen molar-refractivity contribution < 1.29 is 19.1 Å². The van der Waals surface area contributed by atoms with E-state index in [0.29, 0.717) is 17.1 Å². The molecular weight excluding hydrogens is 296 g/mol. The van der Waals surface area contributed by atoms with Crippen molar-refractivity contribution in [1.82, 2.24) is 10.6 Å². The number of furan rings is 1. The number of urea groups is 1. The van der Waals surface area contributed by atoms with Gasteiger partial charge in [-0.3, -0.25) is 0 Å². The Morgan fingerprint density at radius 2 is 2.13 bits per heavy atom. The van der Waals surface area contributed by atoms with E-state index >= 15 is 0 Å². The number of aliphatic hydroxyl groups is 1. The van der Waals surface area contributed by atoms with Crippen molar-refractivity contribution in [3.63, 3.8) is 0 Å². The van der Waals surface area contributed by atoms with Crippen LogP contribution < -0.4 is 15.4 Å². The smallest absolute Gasteiger partial charge is 0.315 e. The van der Waals surface area contributed by atoms with Crippen LogP contribution in [-0.2, 0) is 0 Å². The molecule has 0 saturated heterocycles. The van der Waals surface area contributed by atoms with Gasteiger partial charge in [-0.1, -0.05) is 12.1 Å². The summed E-state index contributed by atoms with van der Waals surface area (Å²) in [6.07, 6.45) is -0.808. The second-order valence-corrected chi connectivity index (χ2v) is 5.32. The number of benzene rings is 1. The van der Waals surface area contributed by atoms with Crippen LogP contribution >= 0.6 is 0 Å². The SMILES string of the molecule is COc1cccc(C(O)CNC(=O)NC(C)c2ccc(C)o2)c1. The average Bonchev–Trinajstić information content (AvgIpc) is 2.99. The van der Waals surface area contributed by atoms with Gasteiger partial charge in [0.05, 0.1) is 19.3 Å². The molecule has 2 unspecified atom stereocenters. The predicted molar refractivity (Wildman–Crippen MR) is 86.3 cm³/mol. The molecule has 6 nitrogen and oxygen atoms in total. The Hall–Kier alpha value is -2.47. The first kappa shape index (κ1) is 16.9. The van der Waals surface area contributed by atoms with E-state index in [9.17, 15) is 9.90 Å². The predicted octanol–water partition coefficient (Wildman–Crippen LogP) is 2.69. The van der Waals surface area contributed by atoms with E-state index in [0.717, 1.165) is 5.76 Å². The number of hydrogen-bond donors (Lipinski definition) is 3. The first-order valence-electron chi connectivity index (χ1n) is 7.42. The molecule has 0 radical (unpaired) electrons. The highest BCUT2D eigenvalue weighted by molar-refractivity contribution is 5.74. The molecule has 1 heterocycles. The Kier molecular flexibility index (Phi) is 5.65. The summed E-state index contributed by atoms with van der Waals surface area (Å²) >= 11 is 0. The summed E-state index contributed by atoms with van der Waals surface area (Å²) in [4.78, 5) is 11.9. The number of aliphatic hydroxyl groups excluding tert-OH is 1. The van der Waals surface area contributed by atoms with Crippen LogP contribution in [0.4, 0.5) is 4.79 Å². The lowest BCUT2D eigenvalue weighted by atomic mass is 10.1. The molecule has 0 fully saturated rings. The highest BCUT2D eigenvalue weighted by atomic mass is 16.5. The Morgan fingerprint density at radius 1 is 1.35 bits per heavy atom. The van der Waals surface area contributed by atoms with Gasteiger partial charge in [0.2, 0.25) is 0 Å². The fourth-order valence-corrected chi connectivity index (χ4v) is 2.16. The molecule has 2 atom stereocenters. The van der Waals surface area contributed by atoms with E-state index in [1.807, 2.05) is 26.0 Å². The van der Waals surface area contributed by atoms with E-state index < -0.39 is 6.10 Å². The molecule has 1 aromatic carbocycles. The summed E-state index contributed by atoms with van der Waals surface area (Å²) in [5.41, 5.74) is 0.680. The fourth-order valence-electron chi connectivity index (χ4n) is 2.16. The van der Waals surface area contributed by atoms with Crippen molar-refractivity contribution >= 4 is 6.03 Å². The molecule has 6 heteroatoms. The van der Waals surface area contributed by atoms with Crippen molar-refractivity contribution in [2.24, 2.45) is 0 Å². The Morgan fingerprint density at radius 3 is 2.78 bits per heavy atom. The summed E-state index contributed by atoms with van der Waals surface area (Å²) < 4.78 is 10.6. The van der Waals surface area contributed by atoms with Crippen LogP contribution in [0.25, 0.3) is 0 Å². The molecule has 0 bridgehead atoms. The first-order chi connectivity index (χ1) is 11.0. The number of carbonyl (C=O) groups is 1. The largest absolute Gasteiger partial charge is 0.497 e. The minimum Gasteiger partial charge on any atom is -0.497 e. The number of hydrogen-bond acceptors (Lipinski definition) is 4. The van der Waals surface area contributed by atoms with Crippen LogP contribution in [0.15, 0.2) is 40.8 Å². The molecule has 23 heavy (non-hydrogen) atoms. The zero-order chi connectivity index (χ0) is 16.8. The van der Waals surface area contributed by atoms with Gasteiger partial charge in [0, 0.05) is 6.54 Å². The van der Waals surface area contributed by atoms with E-state index in [1.54, 1.807) is 31.4 Å². The lowest BCUT2D eigenvalue weighted by molar-refractivity contribution is 0.172. The second kappa shape index (κ2) is 7.69. The summed E-state index contributed by atoms with van der Waals surface area (Å²) in [6, 6.07) is 10.1. The molecule has 0 aliphatic rings. The monoisotopic (exact) mass is 318 g/mol. The molecule has 2 rings (SSSR count). The van der Waals surface area contributed by atoms with Gasteiger partial charge in [-0.15, -0.1) is 0 Å². The van der Waals surface area contributed by atoms with E-state index in [1.165, 1.54) is 0 Å². The molecule has 0 spiro atoms. The molecule has 2 amide bonds. The number of aryl methyl sites for hydroxylation is 1. The first-order valence-corrected chi connectivity index (χ1v) is 7.42. The minimum atomic E-state index is -0.808. The zero-order valence-electron chi connectivity index (χ0n) is 13.5. The lowest BCUT2D eigenvalue weighted by Crippen LogP contribution is -2.39. The van der Waals surface area contributed by atoms with Crippen molar-refractivity contribution in [2.45, 2.75) is 26.0 Å². The maximum atomic E-state index is 11.9. The number of rotatable bonds is 6. The van der Waals surface area contributed by atoms with Crippen LogP contribution in [-0.4, -0.2) is 24.8 Å². The van der Waals surface area contributed by atoms with Crippen LogP contribution in [0, 0.1) is 6.92 Å². The third kappa shape index (κ3) is 4.75. The molecule has 1 aromatic heterocycles. The summed E-state index contributed by atoms with van der Waals surface area (Å²) in [5, 5.41) is 15.5. The van der Waals surface area contributed by atoms with E-state index in [-0.39, 0.29) is 18.6 Å². The van der Waals surface area contributed by atoms with Gasteiger partial charge >= 0.3 is 6.03 Å². The topological polar surface area (TPSA) is 83.7 Å². The lowest BCUT2D eigenvalue weighted by Gasteiger charge is -2.16. The quantitative estimate of drug-likeness (QED) is 0.764. The van der Waals surface area contributed by atoms with Crippen molar-refractivity contribution in [3.8, 4) is 5.75 Å². The number of amides is 2. The molecule has 124 valence electrons. The Bertz CT molecular complexity index is 654. The molecule has 0 aliphatic heterocycles. The van der Waals surface area contributed by atoms with Crippen LogP contribution in [0.2, 0.25) is 0 Å². The van der Waals surface area contributed by atoms with Gasteiger partial charge in [0.1, 0.15) is 17.3 Å². The minimum absolute atomic E-state index is 0.100. The van der Waals surface area contributed by atoms with Crippen molar-refractivity contribution in [1.29, 1.82) is 0 Å². The van der Waals surface area contributed by atoms with Gasteiger partial charge in [0.25, 0.3) is 0 Å². The average molecular weight is 318 g/mol. The van der Waals surface area contributed by atoms with Gasteiger partial charge in [-0.25, -0.2) is 4.79 Å². The number of carbonyl (C=O) groups excluding carboxylic acids is 1. The summed E-state index contributed by atoms with van der Waals surface area (Å²) in [7, 11) is 1.56. The molecular formula is C17H22N2O4. The van der Waals surface area contributed by atoms with Gasteiger partial charge in [-0.2, -0.15) is 0 Å². The van der Waals surface area contributed by atoms with Crippen molar-refractivity contribution in [3.05, 3.63) is 53.5 Å². The van der Waals surface area contributed by atoms with Crippen molar-refractivity contribution in [2.75, 3.05) is 13.7 Å². The van der Waals surface area contributed by atoms with Gasteiger partial charge < -0.3 is 24.9 Å². The molecule has 0 aliphatic carbocycles. The second-order valence-electron chi connectivity index (χ2n) is 5.32. The number of nitrogens with one attached hydrogen (secondary N) is 2. The molecule has 0 saturated carbocycles. The highest BCUT2D eigenvalue weighted by Gasteiger charge is 2.14. The number of ether oxygens (including phenoxy) is 1. The fraction of sp³-hybridized carbons (Fsp3) is 0.353. The van der Waals surface area contributed by atoms with Gasteiger partial charge in [0.15, 0.2) is 0 Å². The maximum Gasteiger partial charge on any atom is 0.315 e. The maximum absolute atomic E-state index is 11.9. The van der Waals surface area contributed by atoms with Crippen LogP contribution in [0.1, 0.15) is 36.2 Å². The normalized spacial score (nSPS) is 13.2. The van der Waals surface area contributed by atoms with Crippen LogP contribution in [0.3, 0.4) is 0 Å². The Balaban J connectivity index is 1.83. The highest BCUT2D eigenvalue weighted by Crippen LogP contribution is 2.18. The van der Waals surface area contributed by atoms with E-state index in [4.69, 9.17) is 9.15 Å². The van der Waals surface area contributed by atoms with E-state index in [2.05, 4.69) is 10.6 Å².